The highest BCUT2D eigenvalue weighted by Gasteiger charge is 2.41. The Morgan fingerprint density at radius 2 is 2.13 bits per heavy atom. The van der Waals surface area contributed by atoms with E-state index < -0.39 is 23.9 Å². The predicted molar refractivity (Wildman–Crippen MR) is 79.5 cm³/mol. The zero-order valence-corrected chi connectivity index (χ0v) is 12.9. The summed E-state index contributed by atoms with van der Waals surface area (Å²) in [6.07, 6.45) is -5.30. The summed E-state index contributed by atoms with van der Waals surface area (Å²) in [5, 5.41) is 18.3. The number of β-amino-alcohol motifs (C(OH)–C–C–N with tert-alkyl or cyclic N) is 1. The molecule has 0 aliphatic carbocycles. The summed E-state index contributed by atoms with van der Waals surface area (Å²) in [4.78, 5) is 13.5. The highest BCUT2D eigenvalue weighted by molar-refractivity contribution is 8.00. The van der Waals surface area contributed by atoms with Gasteiger partial charge in [-0.15, -0.1) is 11.8 Å². The maximum Gasteiger partial charge on any atom is 0.416 e. The number of hydrogen-bond donors (Lipinski definition) is 1. The van der Waals surface area contributed by atoms with Crippen molar-refractivity contribution in [3.8, 4) is 6.07 Å². The Bertz CT molecular complexity index is 615. The van der Waals surface area contributed by atoms with Gasteiger partial charge in [0.05, 0.1) is 35.3 Å². The van der Waals surface area contributed by atoms with Crippen LogP contribution in [0.1, 0.15) is 23.6 Å². The number of alkyl halides is 3. The fraction of sp³-hybridized carbons (Fsp3) is 0.467. The summed E-state index contributed by atoms with van der Waals surface area (Å²) in [5.41, 5.74) is -0.795. The minimum absolute atomic E-state index is 0.00278. The van der Waals surface area contributed by atoms with E-state index in [1.807, 2.05) is 6.07 Å². The molecule has 0 unspecified atom stereocenters. The number of aliphatic hydroxyl groups excluding tert-OH is 1. The Labute approximate surface area is 135 Å². The molecule has 1 N–H and O–H groups in total. The van der Waals surface area contributed by atoms with Crippen LogP contribution in [0.4, 0.5) is 13.2 Å². The van der Waals surface area contributed by atoms with Crippen molar-refractivity contribution in [2.24, 2.45) is 0 Å². The van der Waals surface area contributed by atoms with Crippen LogP contribution >= 0.6 is 11.8 Å². The minimum Gasteiger partial charge on any atom is -0.391 e. The van der Waals surface area contributed by atoms with Crippen LogP contribution in [0.5, 0.6) is 0 Å². The summed E-state index contributed by atoms with van der Waals surface area (Å²) in [5.74, 6) is -0.236. The van der Waals surface area contributed by atoms with Crippen LogP contribution in [0.2, 0.25) is 0 Å². The van der Waals surface area contributed by atoms with Crippen molar-refractivity contribution < 1.29 is 23.1 Å². The molecular formula is C15H15F3N2O2S. The molecule has 2 rings (SSSR count). The Kier molecular flexibility index (Phi) is 5.55. The van der Waals surface area contributed by atoms with Gasteiger partial charge < -0.3 is 10.0 Å². The van der Waals surface area contributed by atoms with Gasteiger partial charge in [-0.3, -0.25) is 4.79 Å². The molecule has 4 nitrogen and oxygen atoms in total. The normalized spacial score (nSPS) is 21.3. The largest absolute Gasteiger partial charge is 0.416 e. The zero-order chi connectivity index (χ0) is 17.0. The lowest BCUT2D eigenvalue weighted by Gasteiger charge is -2.27. The quantitative estimate of drug-likeness (QED) is 0.853. The van der Waals surface area contributed by atoms with Gasteiger partial charge in [0.1, 0.15) is 0 Å². The number of carbonyl (C=O) groups is 1. The molecule has 1 saturated heterocycles. The number of halogens is 3. The third-order valence-corrected chi connectivity index (χ3v) is 4.40. The molecule has 1 amide bonds. The first kappa shape index (κ1) is 17.6. The average Bonchev–Trinajstić information content (AvgIpc) is 2.88. The third kappa shape index (κ3) is 4.18. The van der Waals surface area contributed by atoms with Gasteiger partial charge in [-0.2, -0.15) is 18.4 Å². The molecule has 8 heteroatoms. The van der Waals surface area contributed by atoms with Gasteiger partial charge in [-0.1, -0.05) is 18.2 Å². The second-order valence-corrected chi connectivity index (χ2v) is 6.17. The van der Waals surface area contributed by atoms with Gasteiger partial charge in [0.2, 0.25) is 5.91 Å². The van der Waals surface area contributed by atoms with Gasteiger partial charge in [0, 0.05) is 6.54 Å². The molecule has 1 fully saturated rings. The van der Waals surface area contributed by atoms with Gasteiger partial charge in [0.25, 0.3) is 0 Å². The Morgan fingerprint density at radius 3 is 2.78 bits per heavy atom. The molecule has 0 spiro atoms. The smallest absolute Gasteiger partial charge is 0.391 e. The predicted octanol–water partition coefficient (Wildman–Crippen LogP) is 2.60. The maximum atomic E-state index is 13.2. The average molecular weight is 344 g/mol. The topological polar surface area (TPSA) is 64.3 Å². The van der Waals surface area contributed by atoms with Crippen molar-refractivity contribution in [1.82, 2.24) is 4.90 Å². The Morgan fingerprint density at radius 1 is 1.43 bits per heavy atom. The van der Waals surface area contributed by atoms with Crippen molar-refractivity contribution in [2.45, 2.75) is 24.7 Å². The van der Waals surface area contributed by atoms with Crippen LogP contribution in [0, 0.1) is 11.3 Å². The van der Waals surface area contributed by atoms with E-state index in [1.165, 1.54) is 23.1 Å². The number of nitrogens with zero attached hydrogens (tertiary/aromatic N) is 2. The maximum absolute atomic E-state index is 13.2. The molecule has 124 valence electrons. The van der Waals surface area contributed by atoms with E-state index in [-0.39, 0.29) is 35.9 Å². The number of nitriles is 1. The molecule has 0 saturated carbocycles. The summed E-state index contributed by atoms with van der Waals surface area (Å²) < 4.78 is 39.5. The molecule has 1 aromatic carbocycles. The first-order valence-electron chi connectivity index (χ1n) is 6.93. The molecule has 1 aliphatic heterocycles. The van der Waals surface area contributed by atoms with Crippen LogP contribution in [0.3, 0.4) is 0 Å². The molecule has 1 aromatic rings. The number of hydrogen-bond acceptors (Lipinski definition) is 4. The monoisotopic (exact) mass is 344 g/mol. The first-order chi connectivity index (χ1) is 10.8. The van der Waals surface area contributed by atoms with E-state index in [0.717, 1.165) is 17.8 Å². The molecule has 1 heterocycles. The lowest BCUT2D eigenvalue weighted by atomic mass is 9.97. The van der Waals surface area contributed by atoms with Crippen LogP contribution in [-0.4, -0.2) is 40.1 Å². The van der Waals surface area contributed by atoms with E-state index in [2.05, 4.69) is 0 Å². The molecule has 0 aromatic heterocycles. The van der Waals surface area contributed by atoms with Gasteiger partial charge >= 0.3 is 6.18 Å². The zero-order valence-electron chi connectivity index (χ0n) is 12.1. The molecular weight excluding hydrogens is 329 g/mol. The van der Waals surface area contributed by atoms with E-state index >= 15 is 0 Å². The molecule has 23 heavy (non-hydrogen) atoms. The van der Waals surface area contributed by atoms with E-state index in [4.69, 9.17) is 5.26 Å². The van der Waals surface area contributed by atoms with Crippen LogP contribution < -0.4 is 0 Å². The molecule has 2 atom stereocenters. The SMILES string of the molecule is N#CCSCC(=O)N1C[C@H](O)C[C@@H]1c1ccccc1C(F)(F)F. The van der Waals surface area contributed by atoms with E-state index in [1.54, 1.807) is 0 Å². The van der Waals surface area contributed by atoms with Crippen LogP contribution in [0.15, 0.2) is 24.3 Å². The van der Waals surface area contributed by atoms with Crippen molar-refractivity contribution in [3.63, 3.8) is 0 Å². The lowest BCUT2D eigenvalue weighted by Crippen LogP contribution is -2.34. The summed E-state index contributed by atoms with van der Waals surface area (Å²) in [6, 6.07) is 6.19. The van der Waals surface area contributed by atoms with Crippen molar-refractivity contribution in [1.29, 1.82) is 5.26 Å². The van der Waals surface area contributed by atoms with Crippen molar-refractivity contribution in [3.05, 3.63) is 35.4 Å². The third-order valence-electron chi connectivity index (χ3n) is 3.62. The highest BCUT2D eigenvalue weighted by Crippen LogP contribution is 2.40. The van der Waals surface area contributed by atoms with Gasteiger partial charge in [-0.05, 0) is 18.1 Å². The van der Waals surface area contributed by atoms with Gasteiger partial charge in [0.15, 0.2) is 0 Å². The number of amides is 1. The van der Waals surface area contributed by atoms with E-state index in [9.17, 15) is 23.1 Å². The Balaban J connectivity index is 2.27. The number of carbonyl (C=O) groups excluding carboxylic acids is 1. The second kappa shape index (κ2) is 7.23. The molecule has 0 bridgehead atoms. The Hall–Kier alpha value is -1.72. The van der Waals surface area contributed by atoms with Crippen molar-refractivity contribution in [2.75, 3.05) is 18.1 Å². The fourth-order valence-corrected chi connectivity index (χ4v) is 3.23. The van der Waals surface area contributed by atoms with Crippen molar-refractivity contribution >= 4 is 17.7 Å². The van der Waals surface area contributed by atoms with Crippen LogP contribution in [-0.2, 0) is 11.0 Å². The number of aliphatic hydroxyl groups is 1. The summed E-state index contributed by atoms with van der Waals surface area (Å²) >= 11 is 1.10. The summed E-state index contributed by atoms with van der Waals surface area (Å²) in [6.45, 7) is 0.00278. The molecule has 1 aliphatic rings. The van der Waals surface area contributed by atoms with Gasteiger partial charge in [-0.25, -0.2) is 0 Å². The number of thioether (sulfide) groups is 1. The standard InChI is InChI=1S/C15H15F3N2O2S/c16-15(17,18)12-4-2-1-3-11(12)13-7-10(21)8-20(13)14(22)9-23-6-5-19/h1-4,10,13,21H,6-9H2/t10-,13-/m1/s1. The molecule has 0 radical (unpaired) electrons. The first-order valence-corrected chi connectivity index (χ1v) is 8.08. The number of benzene rings is 1. The van der Waals surface area contributed by atoms with E-state index in [0.29, 0.717) is 0 Å². The number of likely N-dealkylation sites (tertiary alicyclic amines) is 1. The number of rotatable bonds is 4. The lowest BCUT2D eigenvalue weighted by molar-refractivity contribution is -0.140. The minimum atomic E-state index is -4.52. The highest BCUT2D eigenvalue weighted by atomic mass is 32.2. The summed E-state index contributed by atoms with van der Waals surface area (Å²) in [7, 11) is 0. The fourth-order valence-electron chi connectivity index (χ4n) is 2.70. The van der Waals surface area contributed by atoms with Crippen LogP contribution in [0.25, 0.3) is 0 Å². The second-order valence-electron chi connectivity index (χ2n) is 5.19.